The molecule has 0 radical (unpaired) electrons. The Hall–Kier alpha value is -1.65. The highest BCUT2D eigenvalue weighted by Crippen LogP contribution is 2.29. The minimum absolute atomic E-state index is 0.0731. The number of rotatable bonds is 4. The maximum absolute atomic E-state index is 11.3. The summed E-state index contributed by atoms with van der Waals surface area (Å²) in [4.78, 5) is 11.7. The van der Waals surface area contributed by atoms with Crippen LogP contribution in [0.3, 0.4) is 0 Å². The largest absolute Gasteiger partial charge is 0.479 e. The van der Waals surface area contributed by atoms with Gasteiger partial charge in [0.05, 0.1) is 0 Å². The van der Waals surface area contributed by atoms with Crippen molar-refractivity contribution in [3.8, 4) is 0 Å². The molecule has 1 aromatic heterocycles. The molecule has 0 fully saturated rings. The van der Waals surface area contributed by atoms with Gasteiger partial charge in [-0.3, -0.25) is 0 Å². The molecule has 1 atom stereocenters. The van der Waals surface area contributed by atoms with Crippen molar-refractivity contribution in [3.63, 3.8) is 0 Å². The van der Waals surface area contributed by atoms with Gasteiger partial charge >= 0.3 is 5.97 Å². The average Bonchev–Trinajstić information content (AvgIpc) is 2.84. The Kier molecular flexibility index (Phi) is 3.26. The van der Waals surface area contributed by atoms with Crippen molar-refractivity contribution in [2.45, 2.75) is 12.0 Å². The maximum atomic E-state index is 11.3. The molecule has 17 heavy (non-hydrogen) atoms. The molecule has 0 amide bonds. The third-order valence-electron chi connectivity index (χ3n) is 2.59. The van der Waals surface area contributed by atoms with Gasteiger partial charge in [0.1, 0.15) is 0 Å². The lowest BCUT2D eigenvalue weighted by Gasteiger charge is -2.22. The first-order valence-electron chi connectivity index (χ1n) is 5.16. The lowest BCUT2D eigenvalue weighted by atomic mass is 9.93. The monoisotopic (exact) mass is 248 g/mol. The van der Waals surface area contributed by atoms with Gasteiger partial charge in [-0.05, 0) is 17.0 Å². The van der Waals surface area contributed by atoms with Crippen molar-refractivity contribution in [2.24, 2.45) is 0 Å². The molecule has 0 aliphatic heterocycles. The normalized spacial score (nSPS) is 14.2. The van der Waals surface area contributed by atoms with Gasteiger partial charge in [-0.25, -0.2) is 4.79 Å². The lowest BCUT2D eigenvalue weighted by Crippen LogP contribution is -2.37. The number of carboxylic acids is 1. The molecule has 1 aromatic carbocycles. The van der Waals surface area contributed by atoms with Crippen molar-refractivity contribution in [3.05, 3.63) is 58.3 Å². The summed E-state index contributed by atoms with van der Waals surface area (Å²) in [7, 11) is 0. The van der Waals surface area contributed by atoms with E-state index in [-0.39, 0.29) is 6.42 Å². The molecule has 88 valence electrons. The minimum atomic E-state index is -1.84. The summed E-state index contributed by atoms with van der Waals surface area (Å²) in [5, 5.41) is 21.3. The fourth-order valence-electron chi connectivity index (χ4n) is 1.67. The van der Waals surface area contributed by atoms with E-state index in [1.54, 1.807) is 17.5 Å². The number of aliphatic hydroxyl groups is 1. The molecule has 3 nitrogen and oxygen atoms in total. The minimum Gasteiger partial charge on any atom is -0.479 e. The fourth-order valence-corrected chi connectivity index (χ4v) is 2.49. The highest BCUT2D eigenvalue weighted by molar-refractivity contribution is 7.10. The zero-order chi connectivity index (χ0) is 12.3. The Morgan fingerprint density at radius 2 is 1.88 bits per heavy atom. The average molecular weight is 248 g/mol. The highest BCUT2D eigenvalue weighted by atomic mass is 32.1. The molecule has 2 rings (SSSR count). The molecule has 0 bridgehead atoms. The predicted molar refractivity (Wildman–Crippen MR) is 66.0 cm³/mol. The van der Waals surface area contributed by atoms with Gasteiger partial charge in [-0.1, -0.05) is 36.4 Å². The topological polar surface area (TPSA) is 57.5 Å². The van der Waals surface area contributed by atoms with Crippen LogP contribution in [0, 0.1) is 0 Å². The van der Waals surface area contributed by atoms with Crippen LogP contribution >= 0.6 is 11.3 Å². The molecular weight excluding hydrogens is 236 g/mol. The molecular formula is C13H12O3S. The van der Waals surface area contributed by atoms with E-state index in [4.69, 9.17) is 0 Å². The Labute approximate surface area is 103 Å². The SMILES string of the molecule is O=C(O)C(O)(Cc1ccccc1)c1cccs1. The third kappa shape index (κ3) is 2.38. The van der Waals surface area contributed by atoms with E-state index in [1.807, 2.05) is 30.3 Å². The zero-order valence-corrected chi connectivity index (χ0v) is 9.85. The number of carbonyl (C=O) groups is 1. The zero-order valence-electron chi connectivity index (χ0n) is 9.04. The molecule has 1 heterocycles. The second-order valence-corrected chi connectivity index (χ2v) is 4.75. The number of thiophene rings is 1. The first-order valence-corrected chi connectivity index (χ1v) is 6.04. The fraction of sp³-hybridized carbons (Fsp3) is 0.154. The number of aliphatic carboxylic acids is 1. The van der Waals surface area contributed by atoms with Gasteiger partial charge in [0.15, 0.2) is 5.60 Å². The van der Waals surface area contributed by atoms with Crippen molar-refractivity contribution in [1.29, 1.82) is 0 Å². The molecule has 2 aromatic rings. The molecule has 2 N–H and O–H groups in total. The van der Waals surface area contributed by atoms with Crippen molar-refractivity contribution in [2.75, 3.05) is 0 Å². The molecule has 4 heteroatoms. The van der Waals surface area contributed by atoms with Crippen LogP contribution in [0.1, 0.15) is 10.4 Å². The first kappa shape index (κ1) is 11.8. The number of carboxylic acid groups (broad SMARTS) is 1. The standard InChI is InChI=1S/C13H12O3S/c14-12(15)13(16,11-7-4-8-17-11)9-10-5-2-1-3-6-10/h1-8,16H,9H2,(H,14,15). The van der Waals surface area contributed by atoms with Gasteiger partial charge in [0.2, 0.25) is 0 Å². The summed E-state index contributed by atoms with van der Waals surface area (Å²) in [5.41, 5.74) is -1.04. The van der Waals surface area contributed by atoms with E-state index in [0.717, 1.165) is 5.56 Å². The van der Waals surface area contributed by atoms with Crippen LogP contribution in [0.25, 0.3) is 0 Å². The van der Waals surface area contributed by atoms with Crippen molar-refractivity contribution < 1.29 is 15.0 Å². The number of hydrogen-bond donors (Lipinski definition) is 2. The molecule has 1 unspecified atom stereocenters. The van der Waals surface area contributed by atoms with Gasteiger partial charge in [0.25, 0.3) is 0 Å². The number of hydrogen-bond acceptors (Lipinski definition) is 3. The van der Waals surface area contributed by atoms with Crippen LogP contribution < -0.4 is 0 Å². The Balaban J connectivity index is 2.34. The lowest BCUT2D eigenvalue weighted by molar-refractivity contribution is -0.159. The Bertz CT molecular complexity index is 493. The van der Waals surface area contributed by atoms with Crippen molar-refractivity contribution in [1.82, 2.24) is 0 Å². The molecule has 0 saturated carbocycles. The quantitative estimate of drug-likeness (QED) is 0.872. The molecule has 0 aliphatic carbocycles. The van der Waals surface area contributed by atoms with Crippen molar-refractivity contribution >= 4 is 17.3 Å². The summed E-state index contributed by atoms with van der Waals surface area (Å²) in [6.45, 7) is 0. The van der Waals surface area contributed by atoms with E-state index in [2.05, 4.69) is 0 Å². The van der Waals surface area contributed by atoms with E-state index < -0.39 is 11.6 Å². The second-order valence-electron chi connectivity index (χ2n) is 3.81. The Morgan fingerprint density at radius 1 is 1.18 bits per heavy atom. The highest BCUT2D eigenvalue weighted by Gasteiger charge is 2.39. The summed E-state index contributed by atoms with van der Waals surface area (Å²) in [5.74, 6) is -1.22. The van der Waals surface area contributed by atoms with Crippen LogP contribution in [-0.2, 0) is 16.8 Å². The second kappa shape index (κ2) is 4.69. The van der Waals surface area contributed by atoms with E-state index in [0.29, 0.717) is 4.88 Å². The van der Waals surface area contributed by atoms with Gasteiger partial charge in [-0.2, -0.15) is 0 Å². The van der Waals surface area contributed by atoms with Crippen LogP contribution in [0.4, 0.5) is 0 Å². The number of benzene rings is 1. The van der Waals surface area contributed by atoms with E-state index in [9.17, 15) is 15.0 Å². The van der Waals surface area contributed by atoms with Crippen LogP contribution in [0.5, 0.6) is 0 Å². The van der Waals surface area contributed by atoms with Crippen LogP contribution in [0.15, 0.2) is 47.8 Å². The van der Waals surface area contributed by atoms with E-state index >= 15 is 0 Å². The van der Waals surface area contributed by atoms with Crippen LogP contribution in [-0.4, -0.2) is 16.2 Å². The summed E-state index contributed by atoms with van der Waals surface area (Å²) in [6.07, 6.45) is 0.0731. The smallest absolute Gasteiger partial charge is 0.341 e. The first-order chi connectivity index (χ1) is 8.13. The molecule has 0 spiro atoms. The van der Waals surface area contributed by atoms with Gasteiger partial charge in [-0.15, -0.1) is 11.3 Å². The molecule has 0 saturated heterocycles. The third-order valence-corrected chi connectivity index (χ3v) is 3.61. The van der Waals surface area contributed by atoms with Crippen LogP contribution in [0.2, 0.25) is 0 Å². The summed E-state index contributed by atoms with van der Waals surface area (Å²) < 4.78 is 0. The summed E-state index contributed by atoms with van der Waals surface area (Å²) >= 11 is 1.25. The predicted octanol–water partition coefficient (Wildman–Crippen LogP) is 2.26. The molecule has 0 aliphatic rings. The van der Waals surface area contributed by atoms with Gasteiger partial charge < -0.3 is 10.2 Å². The summed E-state index contributed by atoms with van der Waals surface area (Å²) in [6, 6.07) is 12.5. The maximum Gasteiger partial charge on any atom is 0.341 e. The Morgan fingerprint density at radius 3 is 2.41 bits per heavy atom. The van der Waals surface area contributed by atoms with Gasteiger partial charge in [0, 0.05) is 11.3 Å². The van der Waals surface area contributed by atoms with E-state index in [1.165, 1.54) is 11.3 Å².